The number of benzene rings is 4. The summed E-state index contributed by atoms with van der Waals surface area (Å²) in [6.07, 6.45) is 0. The molecule has 0 aliphatic heterocycles. The molecule has 0 saturated carbocycles. The van der Waals surface area contributed by atoms with Crippen molar-refractivity contribution < 1.29 is 0 Å². The summed E-state index contributed by atoms with van der Waals surface area (Å²) in [6, 6.07) is 41.8. The molecule has 0 bridgehead atoms. The fourth-order valence-corrected chi connectivity index (χ4v) is 8.23. The first-order valence-corrected chi connectivity index (χ1v) is 11.8. The van der Waals surface area contributed by atoms with E-state index in [0.717, 1.165) is 0 Å². The van der Waals surface area contributed by atoms with Gasteiger partial charge in [0, 0.05) is 9.58 Å². The van der Waals surface area contributed by atoms with Crippen molar-refractivity contribution in [2.75, 3.05) is 0 Å². The van der Waals surface area contributed by atoms with Gasteiger partial charge in [0.2, 0.25) is 0 Å². The Morgan fingerprint density at radius 2 is 1.00 bits per heavy atom. The zero-order chi connectivity index (χ0) is 18.8. The van der Waals surface area contributed by atoms with Gasteiger partial charge in [-0.2, -0.15) is 0 Å². The summed E-state index contributed by atoms with van der Waals surface area (Å²) in [5.74, 6) is 0. The smallest absolute Gasteiger partial charge is 0.135 e. The van der Waals surface area contributed by atoms with E-state index in [9.17, 15) is 0 Å². The zero-order valence-electron chi connectivity index (χ0n) is 15.4. The van der Waals surface area contributed by atoms with Gasteiger partial charge in [-0.05, 0) is 22.2 Å². The van der Waals surface area contributed by atoms with Crippen molar-refractivity contribution in [3.63, 3.8) is 0 Å². The van der Waals surface area contributed by atoms with Crippen LogP contribution in [0.3, 0.4) is 0 Å². The average Bonchev–Trinajstić information content (AvgIpc) is 3.16. The predicted molar refractivity (Wildman–Crippen MR) is 125 cm³/mol. The Kier molecular flexibility index (Phi) is 4.65. The maximum absolute atomic E-state index is 2.30. The van der Waals surface area contributed by atoms with E-state index in [1.165, 1.54) is 36.1 Å². The second-order valence-electron chi connectivity index (χ2n) is 6.78. The van der Waals surface area contributed by atoms with Gasteiger partial charge in [0.15, 0.2) is 8.80 Å². The Bertz CT molecular complexity index is 1160. The molecule has 0 N–H and O–H groups in total. The summed E-state index contributed by atoms with van der Waals surface area (Å²) in [7, 11) is -1.13. The van der Waals surface area contributed by atoms with Gasteiger partial charge < -0.3 is 0 Å². The molecule has 0 aliphatic carbocycles. The number of rotatable bonds is 4. The van der Waals surface area contributed by atoms with Crippen LogP contribution in [0.15, 0.2) is 115 Å². The van der Waals surface area contributed by atoms with Crippen LogP contribution in [0.4, 0.5) is 0 Å². The van der Waals surface area contributed by atoms with Crippen LogP contribution in [-0.4, -0.2) is 8.80 Å². The molecular formula is C26H19SSi. The summed E-state index contributed by atoms with van der Waals surface area (Å²) < 4.78 is 1.37. The first kappa shape index (κ1) is 17.2. The number of hydrogen-bond acceptors (Lipinski definition) is 1. The highest BCUT2D eigenvalue weighted by atomic mass is 32.1. The lowest BCUT2D eigenvalue weighted by molar-refractivity contribution is 1.70. The molecule has 0 nitrogen and oxygen atoms in total. The third kappa shape index (κ3) is 3.11. The molecule has 0 unspecified atom stereocenters. The number of fused-ring (bicyclic) bond motifs is 1. The molecular weight excluding hydrogens is 372 g/mol. The van der Waals surface area contributed by atoms with E-state index in [-0.39, 0.29) is 0 Å². The number of thiophene rings is 1. The van der Waals surface area contributed by atoms with E-state index in [1.54, 1.807) is 0 Å². The van der Waals surface area contributed by atoms with Crippen molar-refractivity contribution in [1.29, 1.82) is 0 Å². The molecule has 0 atom stereocenters. The van der Waals surface area contributed by atoms with E-state index < -0.39 is 8.80 Å². The minimum Gasteiger partial charge on any atom is -0.135 e. The van der Waals surface area contributed by atoms with Gasteiger partial charge in [-0.25, -0.2) is 0 Å². The molecule has 1 radical (unpaired) electrons. The monoisotopic (exact) mass is 391 g/mol. The third-order valence-electron chi connectivity index (χ3n) is 5.01. The fraction of sp³-hybridized carbons (Fsp3) is 0. The van der Waals surface area contributed by atoms with Crippen molar-refractivity contribution in [3.05, 3.63) is 115 Å². The van der Waals surface area contributed by atoms with Crippen molar-refractivity contribution >= 4 is 45.8 Å². The summed E-state index contributed by atoms with van der Waals surface area (Å²) in [4.78, 5) is 1.41. The first-order valence-electron chi connectivity index (χ1n) is 9.47. The minimum atomic E-state index is -1.13. The van der Waals surface area contributed by atoms with E-state index in [0.29, 0.717) is 0 Å². The molecule has 1 aromatic heterocycles. The highest BCUT2D eigenvalue weighted by Gasteiger charge is 2.26. The quantitative estimate of drug-likeness (QED) is 0.375. The lowest BCUT2D eigenvalue weighted by Gasteiger charge is -2.18. The Balaban J connectivity index is 1.84. The molecule has 0 spiro atoms. The van der Waals surface area contributed by atoms with Gasteiger partial charge >= 0.3 is 0 Å². The summed E-state index contributed by atoms with van der Waals surface area (Å²) in [5, 5.41) is 5.76. The molecule has 4 aromatic carbocycles. The third-order valence-corrected chi connectivity index (χ3v) is 9.25. The lowest BCUT2D eigenvalue weighted by atomic mass is 10.1. The molecule has 2 heteroatoms. The van der Waals surface area contributed by atoms with Crippen LogP contribution in [0, 0.1) is 0 Å². The summed E-state index contributed by atoms with van der Waals surface area (Å²) in [6.45, 7) is 0. The van der Waals surface area contributed by atoms with Gasteiger partial charge in [0.05, 0.1) is 0 Å². The zero-order valence-corrected chi connectivity index (χ0v) is 17.2. The van der Waals surface area contributed by atoms with Gasteiger partial charge in [-0.3, -0.25) is 0 Å². The second-order valence-corrected chi connectivity index (χ2v) is 10.2. The van der Waals surface area contributed by atoms with E-state index in [4.69, 9.17) is 0 Å². The van der Waals surface area contributed by atoms with Gasteiger partial charge in [-0.15, -0.1) is 11.3 Å². The van der Waals surface area contributed by atoms with Crippen molar-refractivity contribution in [1.82, 2.24) is 0 Å². The Morgan fingerprint density at radius 1 is 0.500 bits per heavy atom. The van der Waals surface area contributed by atoms with Gasteiger partial charge in [0.1, 0.15) is 0 Å². The molecule has 0 saturated heterocycles. The van der Waals surface area contributed by atoms with Crippen LogP contribution in [0.5, 0.6) is 0 Å². The van der Waals surface area contributed by atoms with E-state index in [2.05, 4.69) is 115 Å². The molecule has 28 heavy (non-hydrogen) atoms. The first-order chi connectivity index (χ1) is 13.9. The SMILES string of the molecule is c1ccc(-c2sc3ccccc3c2[Si](c2ccccc2)c2ccccc2)cc1. The van der Waals surface area contributed by atoms with E-state index in [1.807, 2.05) is 11.3 Å². The average molecular weight is 392 g/mol. The minimum absolute atomic E-state index is 1.13. The standard InChI is InChI=1S/C26H19SSi/c1-4-12-20(13-5-1)25-26(23-18-10-11-19-24(23)27-25)28(21-14-6-2-7-15-21)22-16-8-3-9-17-22/h1-19H. The van der Waals surface area contributed by atoms with Crippen LogP contribution in [0.25, 0.3) is 20.5 Å². The maximum atomic E-state index is 2.30. The lowest BCUT2D eigenvalue weighted by Crippen LogP contribution is -2.52. The predicted octanol–water partition coefficient (Wildman–Crippen LogP) is 5.08. The number of hydrogen-bond donors (Lipinski definition) is 0. The Labute approximate surface area is 171 Å². The van der Waals surface area contributed by atoms with Crippen LogP contribution in [0.1, 0.15) is 0 Å². The Morgan fingerprint density at radius 3 is 1.61 bits per heavy atom. The van der Waals surface area contributed by atoms with Crippen LogP contribution < -0.4 is 15.6 Å². The highest BCUT2D eigenvalue weighted by Crippen LogP contribution is 2.32. The topological polar surface area (TPSA) is 0 Å². The van der Waals surface area contributed by atoms with Crippen LogP contribution in [0.2, 0.25) is 0 Å². The molecule has 0 aliphatic rings. The van der Waals surface area contributed by atoms with Crippen molar-refractivity contribution in [2.45, 2.75) is 0 Å². The van der Waals surface area contributed by atoms with Crippen molar-refractivity contribution in [2.24, 2.45) is 0 Å². The maximum Gasteiger partial charge on any atom is 0.157 e. The summed E-state index contributed by atoms with van der Waals surface area (Å²) in [5.41, 5.74) is 1.31. The molecule has 5 rings (SSSR count). The fourth-order valence-electron chi connectivity index (χ4n) is 3.75. The largest absolute Gasteiger partial charge is 0.157 e. The van der Waals surface area contributed by atoms with Crippen molar-refractivity contribution in [3.8, 4) is 10.4 Å². The normalized spacial score (nSPS) is 11.2. The molecule has 133 valence electrons. The molecule has 5 aromatic rings. The molecule has 0 fully saturated rings. The highest BCUT2D eigenvalue weighted by molar-refractivity contribution is 7.25. The van der Waals surface area contributed by atoms with E-state index >= 15 is 0 Å². The van der Waals surface area contributed by atoms with Crippen LogP contribution >= 0.6 is 11.3 Å². The molecule has 1 heterocycles. The van der Waals surface area contributed by atoms with Crippen LogP contribution in [-0.2, 0) is 0 Å². The van der Waals surface area contributed by atoms with Gasteiger partial charge in [-0.1, -0.05) is 120 Å². The second kappa shape index (κ2) is 7.59. The van der Waals surface area contributed by atoms with Gasteiger partial charge in [0.25, 0.3) is 0 Å². The Hall–Kier alpha value is -2.94. The summed E-state index contributed by atoms with van der Waals surface area (Å²) >= 11 is 1.92. The molecule has 0 amide bonds.